The molecule has 4 aromatic carbocycles. The first-order valence-electron chi connectivity index (χ1n) is 10.6. The second kappa shape index (κ2) is 8.49. The molecule has 0 N–H and O–H groups in total. The van der Waals surface area contributed by atoms with Gasteiger partial charge in [0.1, 0.15) is 0 Å². The molecule has 0 aromatic heterocycles. The Morgan fingerprint density at radius 3 is 1.66 bits per heavy atom. The molecule has 0 bridgehead atoms. The fourth-order valence-corrected chi connectivity index (χ4v) is 4.26. The Morgan fingerprint density at radius 2 is 1.07 bits per heavy atom. The maximum Gasteiger partial charge on any atom is -0.0120 e. The minimum absolute atomic E-state index is 1.03. The van der Waals surface area contributed by atoms with Crippen LogP contribution in [0.2, 0.25) is 0 Å². The van der Waals surface area contributed by atoms with E-state index >= 15 is 0 Å². The fraction of sp³-hybridized carbons (Fsp3) is 0.172. The topological polar surface area (TPSA) is 0 Å². The lowest BCUT2D eigenvalue weighted by Crippen LogP contribution is -1.97. The number of aryl methyl sites for hydroxylation is 3. The van der Waals surface area contributed by atoms with Gasteiger partial charge in [-0.15, -0.1) is 0 Å². The maximum atomic E-state index is 2.38. The SMILES string of the molecule is CCc1cc(-c2ccccc2)ccc1-c1c(C)cc(-c2ccccc2)cc1CC. The van der Waals surface area contributed by atoms with Crippen molar-refractivity contribution in [3.8, 4) is 33.4 Å². The Kier molecular flexibility index (Phi) is 5.62. The number of hydrogen-bond donors (Lipinski definition) is 0. The van der Waals surface area contributed by atoms with Gasteiger partial charge in [0.15, 0.2) is 0 Å². The normalized spacial score (nSPS) is 10.9. The summed E-state index contributed by atoms with van der Waals surface area (Å²) in [6.07, 6.45) is 2.06. The zero-order chi connectivity index (χ0) is 20.2. The van der Waals surface area contributed by atoms with Gasteiger partial charge in [0.25, 0.3) is 0 Å². The monoisotopic (exact) mass is 376 g/mol. The highest BCUT2D eigenvalue weighted by molar-refractivity contribution is 5.80. The molecule has 0 aliphatic carbocycles. The number of rotatable bonds is 5. The van der Waals surface area contributed by atoms with Crippen molar-refractivity contribution < 1.29 is 0 Å². The molecule has 0 aliphatic heterocycles. The van der Waals surface area contributed by atoms with Crippen LogP contribution in [0.15, 0.2) is 91.0 Å². The van der Waals surface area contributed by atoms with Crippen LogP contribution in [0.1, 0.15) is 30.5 Å². The summed E-state index contributed by atoms with van der Waals surface area (Å²) in [5.74, 6) is 0. The van der Waals surface area contributed by atoms with Crippen LogP contribution >= 0.6 is 0 Å². The highest BCUT2D eigenvalue weighted by atomic mass is 14.2. The summed E-state index contributed by atoms with van der Waals surface area (Å²) in [6.45, 7) is 6.77. The predicted octanol–water partition coefficient (Wildman–Crippen LogP) is 8.12. The highest BCUT2D eigenvalue weighted by Crippen LogP contribution is 2.36. The Labute approximate surface area is 174 Å². The van der Waals surface area contributed by atoms with Gasteiger partial charge in [-0.2, -0.15) is 0 Å². The Balaban J connectivity index is 1.84. The summed E-state index contributed by atoms with van der Waals surface area (Å²) in [5.41, 5.74) is 12.1. The first kappa shape index (κ1) is 19.2. The second-order valence-electron chi connectivity index (χ2n) is 7.64. The molecule has 0 atom stereocenters. The third-order valence-electron chi connectivity index (χ3n) is 5.77. The van der Waals surface area contributed by atoms with Crippen LogP contribution in [0.3, 0.4) is 0 Å². The van der Waals surface area contributed by atoms with E-state index in [9.17, 15) is 0 Å². The third-order valence-corrected chi connectivity index (χ3v) is 5.77. The largest absolute Gasteiger partial charge is 0.0622 e. The van der Waals surface area contributed by atoms with Crippen molar-refractivity contribution in [2.45, 2.75) is 33.6 Å². The first-order chi connectivity index (χ1) is 14.2. The van der Waals surface area contributed by atoms with Gasteiger partial charge >= 0.3 is 0 Å². The van der Waals surface area contributed by atoms with E-state index in [1.807, 2.05) is 0 Å². The van der Waals surface area contributed by atoms with Crippen molar-refractivity contribution in [1.29, 1.82) is 0 Å². The van der Waals surface area contributed by atoms with Crippen LogP contribution in [-0.2, 0) is 12.8 Å². The molecule has 0 heterocycles. The van der Waals surface area contributed by atoms with Crippen molar-refractivity contribution in [1.82, 2.24) is 0 Å². The molecule has 0 nitrogen and oxygen atoms in total. The van der Waals surface area contributed by atoms with Crippen molar-refractivity contribution in [3.63, 3.8) is 0 Å². The average Bonchev–Trinajstić information content (AvgIpc) is 2.79. The van der Waals surface area contributed by atoms with Crippen molar-refractivity contribution in [2.75, 3.05) is 0 Å². The average molecular weight is 377 g/mol. The molecule has 0 fully saturated rings. The van der Waals surface area contributed by atoms with E-state index in [4.69, 9.17) is 0 Å². The molecule has 0 radical (unpaired) electrons. The summed E-state index contributed by atoms with van der Waals surface area (Å²) in [4.78, 5) is 0. The molecular formula is C29H28. The molecule has 29 heavy (non-hydrogen) atoms. The summed E-state index contributed by atoms with van der Waals surface area (Å²) in [5, 5.41) is 0. The molecule has 144 valence electrons. The van der Waals surface area contributed by atoms with Gasteiger partial charge in [-0.1, -0.05) is 105 Å². The molecule has 0 spiro atoms. The van der Waals surface area contributed by atoms with E-state index in [0.717, 1.165) is 12.8 Å². The van der Waals surface area contributed by atoms with E-state index in [0.29, 0.717) is 0 Å². The van der Waals surface area contributed by atoms with Gasteiger partial charge in [0.2, 0.25) is 0 Å². The van der Waals surface area contributed by atoms with Crippen LogP contribution < -0.4 is 0 Å². The first-order valence-corrected chi connectivity index (χ1v) is 10.6. The molecule has 0 saturated heterocycles. The van der Waals surface area contributed by atoms with Gasteiger partial charge in [-0.25, -0.2) is 0 Å². The summed E-state index contributed by atoms with van der Waals surface area (Å²) >= 11 is 0. The Hall–Kier alpha value is -3.12. The van der Waals surface area contributed by atoms with Crippen LogP contribution in [0.5, 0.6) is 0 Å². The molecule has 0 aliphatic rings. The van der Waals surface area contributed by atoms with Crippen molar-refractivity contribution in [3.05, 3.63) is 108 Å². The predicted molar refractivity (Wildman–Crippen MR) is 126 cm³/mol. The molecule has 0 unspecified atom stereocenters. The van der Waals surface area contributed by atoms with E-state index in [-0.39, 0.29) is 0 Å². The van der Waals surface area contributed by atoms with Crippen LogP contribution in [-0.4, -0.2) is 0 Å². The Morgan fingerprint density at radius 1 is 0.517 bits per heavy atom. The number of hydrogen-bond acceptors (Lipinski definition) is 0. The maximum absolute atomic E-state index is 2.38. The van der Waals surface area contributed by atoms with E-state index in [1.54, 1.807) is 0 Å². The summed E-state index contributed by atoms with van der Waals surface area (Å²) < 4.78 is 0. The third kappa shape index (κ3) is 3.89. The quantitative estimate of drug-likeness (QED) is 0.330. The zero-order valence-electron chi connectivity index (χ0n) is 17.6. The molecule has 0 heteroatoms. The summed E-state index contributed by atoms with van der Waals surface area (Å²) in [6, 6.07) is 33.0. The second-order valence-corrected chi connectivity index (χ2v) is 7.64. The Bertz CT molecular complexity index is 1110. The minimum atomic E-state index is 1.03. The van der Waals surface area contributed by atoms with Crippen LogP contribution in [0, 0.1) is 6.92 Å². The summed E-state index contributed by atoms with van der Waals surface area (Å²) in [7, 11) is 0. The smallest absolute Gasteiger partial charge is 0.0120 e. The molecule has 0 saturated carbocycles. The molecule has 4 rings (SSSR count). The van der Waals surface area contributed by atoms with Gasteiger partial charge in [-0.3, -0.25) is 0 Å². The van der Waals surface area contributed by atoms with Gasteiger partial charge in [-0.05, 0) is 69.8 Å². The van der Waals surface area contributed by atoms with Crippen molar-refractivity contribution >= 4 is 0 Å². The lowest BCUT2D eigenvalue weighted by molar-refractivity contribution is 1.11. The van der Waals surface area contributed by atoms with Gasteiger partial charge < -0.3 is 0 Å². The standard InChI is InChI=1S/C29H28/c1-4-22-19-26(24-12-8-6-9-13-24)16-17-28(22)29-21(3)18-27(20-23(29)5-2)25-14-10-7-11-15-25/h6-20H,4-5H2,1-3H3. The van der Waals surface area contributed by atoms with Crippen LogP contribution in [0.25, 0.3) is 33.4 Å². The van der Waals surface area contributed by atoms with E-state index < -0.39 is 0 Å². The highest BCUT2D eigenvalue weighted by Gasteiger charge is 2.14. The molecule has 0 amide bonds. The molecule has 4 aromatic rings. The fourth-order valence-electron chi connectivity index (χ4n) is 4.26. The molecular weight excluding hydrogens is 348 g/mol. The van der Waals surface area contributed by atoms with Gasteiger partial charge in [0, 0.05) is 0 Å². The van der Waals surface area contributed by atoms with E-state index in [2.05, 4.69) is 112 Å². The lowest BCUT2D eigenvalue weighted by atomic mass is 9.86. The lowest BCUT2D eigenvalue weighted by Gasteiger charge is -2.18. The van der Waals surface area contributed by atoms with E-state index in [1.165, 1.54) is 50.1 Å². The van der Waals surface area contributed by atoms with Gasteiger partial charge in [0.05, 0.1) is 0 Å². The van der Waals surface area contributed by atoms with Crippen molar-refractivity contribution in [2.24, 2.45) is 0 Å². The zero-order valence-corrected chi connectivity index (χ0v) is 17.6. The van der Waals surface area contributed by atoms with Crippen LogP contribution in [0.4, 0.5) is 0 Å². The number of benzene rings is 4. The minimum Gasteiger partial charge on any atom is -0.0622 e.